The summed E-state index contributed by atoms with van der Waals surface area (Å²) in [5.41, 5.74) is 5.66. The molecule has 4 aromatic rings. The van der Waals surface area contributed by atoms with Crippen LogP contribution in [0.3, 0.4) is 0 Å². The van der Waals surface area contributed by atoms with Crippen LogP contribution in [0.2, 0.25) is 0 Å². The molecule has 0 aliphatic heterocycles. The number of hydrogen-bond acceptors (Lipinski definition) is 5. The molecule has 0 aliphatic carbocycles. The molecule has 4 rings (SSSR count). The highest BCUT2D eigenvalue weighted by Gasteiger charge is 2.08. The second-order valence-electron chi connectivity index (χ2n) is 7.84. The lowest BCUT2D eigenvalue weighted by Crippen LogP contribution is -2.20. The standard InChI is InChI=1S/C27H26N4O2/c1-18-12-13-24(14-19(18)2)33-17-27(32)31-23-11-7-10-22(15-23)30-26-16-25(28-20(3)29-26)21-8-5-4-6-9-21/h4-16H,17H2,1-3H3,(H,31,32)(H,28,29,30). The van der Waals surface area contributed by atoms with Gasteiger partial charge in [-0.1, -0.05) is 42.5 Å². The Hall–Kier alpha value is -4.19. The summed E-state index contributed by atoms with van der Waals surface area (Å²) in [4.78, 5) is 21.4. The van der Waals surface area contributed by atoms with Gasteiger partial charge in [-0.2, -0.15) is 0 Å². The Morgan fingerprint density at radius 1 is 0.818 bits per heavy atom. The van der Waals surface area contributed by atoms with E-state index in [1.807, 2.05) is 99.6 Å². The van der Waals surface area contributed by atoms with Crippen LogP contribution >= 0.6 is 0 Å². The van der Waals surface area contributed by atoms with E-state index in [0.29, 0.717) is 23.1 Å². The lowest BCUT2D eigenvalue weighted by Gasteiger charge is -2.12. The molecule has 2 N–H and O–H groups in total. The predicted octanol–water partition coefficient (Wildman–Crippen LogP) is 5.83. The number of carbonyl (C=O) groups is 1. The largest absolute Gasteiger partial charge is 0.484 e. The third-order valence-electron chi connectivity index (χ3n) is 5.17. The van der Waals surface area contributed by atoms with Crippen LogP contribution in [-0.2, 0) is 4.79 Å². The summed E-state index contributed by atoms with van der Waals surface area (Å²) in [6.45, 7) is 5.86. The van der Waals surface area contributed by atoms with Crippen LogP contribution in [0.4, 0.5) is 17.2 Å². The maximum absolute atomic E-state index is 12.4. The van der Waals surface area contributed by atoms with E-state index >= 15 is 0 Å². The first-order valence-electron chi connectivity index (χ1n) is 10.7. The van der Waals surface area contributed by atoms with Gasteiger partial charge in [-0.15, -0.1) is 0 Å². The fourth-order valence-electron chi connectivity index (χ4n) is 3.36. The van der Waals surface area contributed by atoms with E-state index in [2.05, 4.69) is 20.6 Å². The minimum atomic E-state index is -0.227. The topological polar surface area (TPSA) is 76.1 Å². The fraction of sp³-hybridized carbons (Fsp3) is 0.148. The van der Waals surface area contributed by atoms with Crippen LogP contribution in [0.25, 0.3) is 11.3 Å². The Morgan fingerprint density at radius 3 is 2.39 bits per heavy atom. The molecule has 1 aromatic heterocycles. The van der Waals surface area contributed by atoms with E-state index in [9.17, 15) is 4.79 Å². The van der Waals surface area contributed by atoms with Crippen molar-refractivity contribution in [2.75, 3.05) is 17.2 Å². The van der Waals surface area contributed by atoms with E-state index in [-0.39, 0.29) is 12.5 Å². The molecule has 33 heavy (non-hydrogen) atoms. The molecule has 0 fully saturated rings. The van der Waals surface area contributed by atoms with Crippen molar-refractivity contribution >= 4 is 23.1 Å². The van der Waals surface area contributed by atoms with E-state index in [4.69, 9.17) is 4.74 Å². The minimum Gasteiger partial charge on any atom is -0.484 e. The summed E-state index contributed by atoms with van der Waals surface area (Å²) in [6, 6.07) is 25.1. The van der Waals surface area contributed by atoms with Gasteiger partial charge in [-0.25, -0.2) is 9.97 Å². The third kappa shape index (κ3) is 5.95. The van der Waals surface area contributed by atoms with E-state index < -0.39 is 0 Å². The molecule has 166 valence electrons. The van der Waals surface area contributed by atoms with Crippen molar-refractivity contribution in [3.63, 3.8) is 0 Å². The molecule has 0 unspecified atom stereocenters. The Kier molecular flexibility index (Phi) is 6.64. The van der Waals surface area contributed by atoms with Crippen molar-refractivity contribution in [1.29, 1.82) is 0 Å². The quantitative estimate of drug-likeness (QED) is 0.380. The van der Waals surface area contributed by atoms with E-state index in [0.717, 1.165) is 22.5 Å². The summed E-state index contributed by atoms with van der Waals surface area (Å²) >= 11 is 0. The zero-order chi connectivity index (χ0) is 23.2. The maximum atomic E-state index is 12.4. The molecule has 0 saturated heterocycles. The number of carbonyl (C=O) groups excluding carboxylic acids is 1. The summed E-state index contributed by atoms with van der Waals surface area (Å²) in [5, 5.41) is 6.18. The summed E-state index contributed by atoms with van der Waals surface area (Å²) in [5.74, 6) is 1.81. The molecule has 0 saturated carbocycles. The zero-order valence-corrected chi connectivity index (χ0v) is 18.9. The van der Waals surface area contributed by atoms with Crippen LogP contribution in [0.15, 0.2) is 78.9 Å². The second kappa shape index (κ2) is 9.96. The van der Waals surface area contributed by atoms with Crippen molar-refractivity contribution in [2.24, 2.45) is 0 Å². The van der Waals surface area contributed by atoms with Gasteiger partial charge < -0.3 is 15.4 Å². The average Bonchev–Trinajstić information content (AvgIpc) is 2.80. The molecule has 0 radical (unpaired) electrons. The molecule has 3 aromatic carbocycles. The van der Waals surface area contributed by atoms with E-state index in [1.165, 1.54) is 5.56 Å². The van der Waals surface area contributed by atoms with Crippen molar-refractivity contribution in [3.05, 3.63) is 95.8 Å². The number of rotatable bonds is 7. The fourth-order valence-corrected chi connectivity index (χ4v) is 3.36. The Labute approximate surface area is 193 Å². The second-order valence-corrected chi connectivity index (χ2v) is 7.84. The molecule has 0 bridgehead atoms. The van der Waals surface area contributed by atoms with Crippen LogP contribution in [0.5, 0.6) is 5.75 Å². The number of aryl methyl sites for hydroxylation is 3. The number of ether oxygens (including phenoxy) is 1. The van der Waals surface area contributed by atoms with Crippen molar-refractivity contribution < 1.29 is 9.53 Å². The molecule has 6 nitrogen and oxygen atoms in total. The highest BCUT2D eigenvalue weighted by molar-refractivity contribution is 5.92. The van der Waals surface area contributed by atoms with Crippen LogP contribution in [0, 0.1) is 20.8 Å². The molecular weight excluding hydrogens is 412 g/mol. The van der Waals surface area contributed by atoms with Gasteiger partial charge in [0.1, 0.15) is 17.4 Å². The van der Waals surface area contributed by atoms with Crippen molar-refractivity contribution in [1.82, 2.24) is 9.97 Å². The first-order valence-corrected chi connectivity index (χ1v) is 10.7. The molecular formula is C27H26N4O2. The smallest absolute Gasteiger partial charge is 0.262 e. The Balaban J connectivity index is 1.41. The monoisotopic (exact) mass is 438 g/mol. The number of amides is 1. The lowest BCUT2D eigenvalue weighted by molar-refractivity contribution is -0.118. The minimum absolute atomic E-state index is 0.0638. The van der Waals surface area contributed by atoms with E-state index in [1.54, 1.807) is 0 Å². The molecule has 0 aliphatic rings. The molecule has 6 heteroatoms. The molecule has 1 heterocycles. The lowest BCUT2D eigenvalue weighted by atomic mass is 10.1. The van der Waals surface area contributed by atoms with Crippen LogP contribution < -0.4 is 15.4 Å². The SMILES string of the molecule is Cc1nc(Nc2cccc(NC(=O)COc3ccc(C)c(C)c3)c2)cc(-c2ccccc2)n1. The van der Waals surface area contributed by atoms with Gasteiger partial charge in [0.2, 0.25) is 0 Å². The number of anilines is 3. The van der Waals surface area contributed by atoms with Gasteiger partial charge in [0.15, 0.2) is 6.61 Å². The number of aromatic nitrogens is 2. The van der Waals surface area contributed by atoms with Crippen LogP contribution in [-0.4, -0.2) is 22.5 Å². The first-order chi connectivity index (χ1) is 16.0. The van der Waals surface area contributed by atoms with Gasteiger partial charge in [-0.3, -0.25) is 4.79 Å². The molecule has 0 atom stereocenters. The van der Waals surface area contributed by atoms with Gasteiger partial charge in [0.05, 0.1) is 5.69 Å². The number of nitrogens with one attached hydrogen (secondary N) is 2. The molecule has 0 spiro atoms. The number of hydrogen-bond donors (Lipinski definition) is 2. The summed E-state index contributed by atoms with van der Waals surface area (Å²) < 4.78 is 5.63. The summed E-state index contributed by atoms with van der Waals surface area (Å²) in [6.07, 6.45) is 0. The van der Waals surface area contributed by atoms with Crippen molar-refractivity contribution in [3.8, 4) is 17.0 Å². The van der Waals surface area contributed by atoms with Gasteiger partial charge in [-0.05, 0) is 62.2 Å². The molecule has 1 amide bonds. The highest BCUT2D eigenvalue weighted by Crippen LogP contribution is 2.23. The first kappa shape index (κ1) is 22.0. The predicted molar refractivity (Wildman–Crippen MR) is 132 cm³/mol. The maximum Gasteiger partial charge on any atom is 0.262 e. The zero-order valence-electron chi connectivity index (χ0n) is 18.9. The Bertz CT molecular complexity index is 1270. The summed E-state index contributed by atoms with van der Waals surface area (Å²) in [7, 11) is 0. The number of nitrogens with zero attached hydrogens (tertiary/aromatic N) is 2. The number of benzene rings is 3. The van der Waals surface area contributed by atoms with Gasteiger partial charge in [0.25, 0.3) is 5.91 Å². The third-order valence-corrected chi connectivity index (χ3v) is 5.17. The van der Waals surface area contributed by atoms with Crippen molar-refractivity contribution in [2.45, 2.75) is 20.8 Å². The van der Waals surface area contributed by atoms with Gasteiger partial charge >= 0.3 is 0 Å². The Morgan fingerprint density at radius 2 is 1.61 bits per heavy atom. The highest BCUT2D eigenvalue weighted by atomic mass is 16.5. The van der Waals surface area contributed by atoms with Crippen LogP contribution in [0.1, 0.15) is 17.0 Å². The van der Waals surface area contributed by atoms with Gasteiger partial charge in [0, 0.05) is 23.0 Å². The normalized spacial score (nSPS) is 10.5. The average molecular weight is 439 g/mol.